The van der Waals surface area contributed by atoms with Crippen molar-refractivity contribution in [1.82, 2.24) is 19.4 Å². The molecule has 2 aromatic rings. The van der Waals surface area contributed by atoms with Gasteiger partial charge in [0, 0.05) is 37.3 Å². The molecule has 7 rings (SSSR count). The van der Waals surface area contributed by atoms with Crippen LogP contribution in [-0.2, 0) is 4.79 Å². The number of fused-ring (bicyclic) bond motifs is 5. The van der Waals surface area contributed by atoms with E-state index in [2.05, 4.69) is 15.5 Å². The summed E-state index contributed by atoms with van der Waals surface area (Å²) in [5, 5.41) is 0. The lowest BCUT2D eigenvalue weighted by Gasteiger charge is -2.55. The third-order valence-electron chi connectivity index (χ3n) is 11.6. The van der Waals surface area contributed by atoms with E-state index in [1.54, 1.807) is 6.92 Å². The molecule has 6 atom stereocenters. The van der Waals surface area contributed by atoms with Crippen LogP contribution >= 0.6 is 0 Å². The number of hydrogen-bond acceptors (Lipinski definition) is 6. The smallest absolute Gasteiger partial charge is 0.294 e. The topological polar surface area (TPSA) is 61.7 Å². The van der Waals surface area contributed by atoms with Crippen molar-refractivity contribution in [3.8, 4) is 0 Å². The average molecular weight is 546 g/mol. The Morgan fingerprint density at radius 3 is 2.12 bits per heavy atom. The largest absolute Gasteiger partial charge is 0.347 e. The molecule has 2 saturated carbocycles. The van der Waals surface area contributed by atoms with Gasteiger partial charge in [-0.2, -0.15) is 0 Å². The second-order valence-corrected chi connectivity index (χ2v) is 14.1. The Bertz CT molecular complexity index is 1300. The van der Waals surface area contributed by atoms with Crippen LogP contribution in [-0.4, -0.2) is 76.0 Å². The van der Waals surface area contributed by atoms with E-state index >= 15 is 0 Å². The highest BCUT2D eigenvalue weighted by Gasteiger charge is 2.51. The van der Waals surface area contributed by atoms with E-state index in [1.165, 1.54) is 64.2 Å². The van der Waals surface area contributed by atoms with Gasteiger partial charge in [0.25, 0.3) is 5.56 Å². The molecule has 0 spiro atoms. The summed E-state index contributed by atoms with van der Waals surface area (Å²) in [4.78, 5) is 38.8. The Labute approximate surface area is 238 Å². The van der Waals surface area contributed by atoms with Gasteiger partial charge in [-0.3, -0.25) is 19.4 Å². The third kappa shape index (κ3) is 4.34. The summed E-state index contributed by atoms with van der Waals surface area (Å²) >= 11 is 0. The summed E-state index contributed by atoms with van der Waals surface area (Å²) in [6.45, 7) is 2.70. The van der Waals surface area contributed by atoms with E-state index < -0.39 is 5.54 Å². The molecule has 3 saturated heterocycles. The molecule has 0 unspecified atom stereocenters. The number of benzene rings is 1. The van der Waals surface area contributed by atoms with Crippen LogP contribution in [0.15, 0.2) is 29.1 Å². The maximum Gasteiger partial charge on any atom is 0.294 e. The van der Waals surface area contributed by atoms with E-state index in [0.29, 0.717) is 31.0 Å². The van der Waals surface area contributed by atoms with Gasteiger partial charge in [0.05, 0.1) is 11.0 Å². The molecule has 1 aromatic heterocycles. The number of ketones is 1. The van der Waals surface area contributed by atoms with Crippen molar-refractivity contribution in [2.45, 2.75) is 114 Å². The van der Waals surface area contributed by atoms with E-state index in [1.807, 2.05) is 42.1 Å². The Morgan fingerprint density at radius 1 is 0.850 bits per heavy atom. The van der Waals surface area contributed by atoms with Crippen LogP contribution in [0.4, 0.5) is 5.82 Å². The average Bonchev–Trinajstić information content (AvgIpc) is 3.06. The van der Waals surface area contributed by atoms with E-state index in [0.717, 1.165) is 41.8 Å². The van der Waals surface area contributed by atoms with Crippen LogP contribution in [0.25, 0.3) is 11.0 Å². The molecular formula is C33H47N5O2. The van der Waals surface area contributed by atoms with Crippen molar-refractivity contribution in [2.75, 3.05) is 32.1 Å². The molecule has 5 aliphatic rings. The number of piperidine rings is 2. The molecule has 0 N–H and O–H groups in total. The predicted octanol–water partition coefficient (Wildman–Crippen LogP) is 5.02. The van der Waals surface area contributed by atoms with Gasteiger partial charge in [-0.15, -0.1) is 0 Å². The highest BCUT2D eigenvalue weighted by atomic mass is 16.1. The fourth-order valence-corrected chi connectivity index (χ4v) is 9.57. The van der Waals surface area contributed by atoms with Gasteiger partial charge >= 0.3 is 0 Å². The highest BCUT2D eigenvalue weighted by molar-refractivity contribution is 5.90. The zero-order chi connectivity index (χ0) is 27.6. The summed E-state index contributed by atoms with van der Waals surface area (Å²) in [5.74, 6) is 2.53. The summed E-state index contributed by atoms with van der Waals surface area (Å²) in [5.41, 5.74) is 1.33. The zero-order valence-electron chi connectivity index (χ0n) is 24.7. The van der Waals surface area contributed by atoms with Crippen molar-refractivity contribution < 1.29 is 4.79 Å². The van der Waals surface area contributed by atoms with Crippen LogP contribution in [0.1, 0.15) is 90.0 Å². The second kappa shape index (κ2) is 10.2. The quantitative estimate of drug-likeness (QED) is 0.526. The normalized spacial score (nSPS) is 34.0. The fourth-order valence-electron chi connectivity index (χ4n) is 9.57. The number of para-hydroxylation sites is 2. The fraction of sp³-hybridized carbons (Fsp3) is 0.727. The molecule has 1 aromatic carbocycles. The molecular weight excluding hydrogens is 498 g/mol. The van der Waals surface area contributed by atoms with Gasteiger partial charge in [0.2, 0.25) is 0 Å². The van der Waals surface area contributed by atoms with Crippen molar-refractivity contribution in [2.24, 2.45) is 11.8 Å². The van der Waals surface area contributed by atoms with Crippen molar-refractivity contribution in [3.63, 3.8) is 0 Å². The van der Waals surface area contributed by atoms with Crippen LogP contribution in [0, 0.1) is 11.8 Å². The lowest BCUT2D eigenvalue weighted by atomic mass is 9.73. The molecule has 4 bridgehead atoms. The van der Waals surface area contributed by atoms with Gasteiger partial charge in [0.15, 0.2) is 11.6 Å². The number of hydrogen-bond donors (Lipinski definition) is 0. The molecule has 7 heteroatoms. The zero-order valence-corrected chi connectivity index (χ0v) is 24.7. The Morgan fingerprint density at radius 2 is 1.50 bits per heavy atom. The number of rotatable bonds is 5. The van der Waals surface area contributed by atoms with Gasteiger partial charge in [-0.05, 0) is 89.9 Å². The van der Waals surface area contributed by atoms with Crippen molar-refractivity contribution in [3.05, 3.63) is 34.6 Å². The number of Topliss-reactive ketones (excluding diaryl/α,β-unsaturated/α-hetero) is 1. The van der Waals surface area contributed by atoms with E-state index in [-0.39, 0.29) is 17.4 Å². The van der Waals surface area contributed by atoms with Crippen LogP contribution in [0.5, 0.6) is 0 Å². The first-order chi connectivity index (χ1) is 19.3. The number of carbonyl (C=O) groups excluding carboxylic acids is 1. The Kier molecular flexibility index (Phi) is 6.81. The summed E-state index contributed by atoms with van der Waals surface area (Å²) < 4.78 is 2.12. The summed E-state index contributed by atoms with van der Waals surface area (Å²) in [6.07, 6.45) is 16.0. The molecule has 3 aliphatic heterocycles. The Balaban J connectivity index is 1.20. The minimum Gasteiger partial charge on any atom is -0.347 e. The van der Waals surface area contributed by atoms with Gasteiger partial charge in [-0.25, -0.2) is 4.98 Å². The highest BCUT2D eigenvalue weighted by Crippen LogP contribution is 2.47. The molecule has 4 heterocycles. The first-order valence-corrected chi connectivity index (χ1v) is 16.1. The third-order valence-corrected chi connectivity index (χ3v) is 11.6. The first kappa shape index (κ1) is 26.6. The summed E-state index contributed by atoms with van der Waals surface area (Å²) in [7, 11) is 3.91. The number of aromatic nitrogens is 2. The van der Waals surface area contributed by atoms with Crippen molar-refractivity contribution in [1.29, 1.82) is 0 Å². The SMILES string of the molecule is CC(=O)C1(N(C)C)CN(c2nc3ccccc3n([C@H]3C[C@H]4CCC[C@@H](C3)N4[C@@H]3C[C@@H]4CCCC[C@@H](C4)C3)c2=O)C1. The van der Waals surface area contributed by atoms with Gasteiger partial charge in [0.1, 0.15) is 5.54 Å². The van der Waals surface area contributed by atoms with E-state index in [4.69, 9.17) is 4.98 Å². The number of carbonyl (C=O) groups is 1. The molecule has 0 radical (unpaired) electrons. The van der Waals surface area contributed by atoms with Gasteiger partial charge < -0.3 is 9.47 Å². The Hall–Kier alpha value is -2.25. The molecule has 2 aliphatic carbocycles. The van der Waals surface area contributed by atoms with Crippen LogP contribution in [0.3, 0.4) is 0 Å². The van der Waals surface area contributed by atoms with E-state index in [9.17, 15) is 9.59 Å². The van der Waals surface area contributed by atoms with Crippen molar-refractivity contribution >= 4 is 22.6 Å². The van der Waals surface area contributed by atoms with Gasteiger partial charge in [-0.1, -0.05) is 44.2 Å². The maximum absolute atomic E-state index is 14.3. The number of anilines is 1. The summed E-state index contributed by atoms with van der Waals surface area (Å²) in [6, 6.07) is 10.3. The standard InChI is InChI=1S/C33H47N5O2/c1-22(39)33(35(2)3)20-36(21-33)31-32(40)38(30-14-7-6-13-29(30)34-31)28-18-25-11-8-12-26(19-28)37(25)27-16-23-9-4-5-10-24(15-23)17-27/h6-7,13-14,23-28H,4-5,8-12,15-21H2,1-3H3/t23-,24+,25-,26+,27-,28+. The maximum atomic E-state index is 14.3. The first-order valence-electron chi connectivity index (χ1n) is 16.1. The van der Waals surface area contributed by atoms with Crippen LogP contribution < -0.4 is 10.5 Å². The molecule has 216 valence electrons. The lowest BCUT2D eigenvalue weighted by Crippen LogP contribution is -2.73. The predicted molar refractivity (Wildman–Crippen MR) is 160 cm³/mol. The minimum absolute atomic E-state index is 0.0230. The monoisotopic (exact) mass is 545 g/mol. The lowest BCUT2D eigenvalue weighted by molar-refractivity contribution is -0.129. The molecule has 5 fully saturated rings. The molecule has 0 amide bonds. The number of nitrogens with zero attached hydrogens (tertiary/aromatic N) is 5. The second-order valence-electron chi connectivity index (χ2n) is 14.1. The molecule has 7 nitrogen and oxygen atoms in total. The minimum atomic E-state index is -0.538. The molecule has 40 heavy (non-hydrogen) atoms. The van der Waals surface area contributed by atoms with Crippen LogP contribution in [0.2, 0.25) is 0 Å². The number of likely N-dealkylation sites (N-methyl/N-ethyl adjacent to an activating group) is 1.